The van der Waals surface area contributed by atoms with Gasteiger partial charge in [0.25, 0.3) is 0 Å². The SMILES string of the molecule is O=C(Cn1c(=O)oc2ccccc21)NCCCOCc1ccco1. The molecule has 2 aromatic heterocycles. The Morgan fingerprint density at radius 1 is 1.21 bits per heavy atom. The van der Waals surface area contributed by atoms with Gasteiger partial charge in [-0.15, -0.1) is 0 Å². The summed E-state index contributed by atoms with van der Waals surface area (Å²) in [5, 5.41) is 2.76. The maximum Gasteiger partial charge on any atom is 0.420 e. The van der Waals surface area contributed by atoms with Crippen LogP contribution in [0.2, 0.25) is 0 Å². The molecule has 2 heterocycles. The fourth-order valence-electron chi connectivity index (χ4n) is 2.33. The predicted molar refractivity (Wildman–Crippen MR) is 86.5 cm³/mol. The molecule has 126 valence electrons. The number of ether oxygens (including phenoxy) is 1. The number of carbonyl (C=O) groups is 1. The fourth-order valence-corrected chi connectivity index (χ4v) is 2.33. The highest BCUT2D eigenvalue weighted by atomic mass is 16.5. The van der Waals surface area contributed by atoms with Crippen LogP contribution in [0.5, 0.6) is 0 Å². The molecule has 3 aromatic rings. The fraction of sp³-hybridized carbons (Fsp3) is 0.294. The van der Waals surface area contributed by atoms with E-state index in [1.54, 1.807) is 36.6 Å². The molecule has 1 N–H and O–H groups in total. The summed E-state index contributed by atoms with van der Waals surface area (Å²) in [6, 6.07) is 10.7. The van der Waals surface area contributed by atoms with Crippen molar-refractivity contribution in [1.29, 1.82) is 0 Å². The molecule has 0 radical (unpaired) electrons. The second-order valence-corrected chi connectivity index (χ2v) is 5.26. The van der Waals surface area contributed by atoms with Crippen LogP contribution in [0.15, 0.2) is 56.3 Å². The van der Waals surface area contributed by atoms with Gasteiger partial charge in [0, 0.05) is 13.2 Å². The summed E-state index contributed by atoms with van der Waals surface area (Å²) < 4.78 is 17.0. The molecule has 3 rings (SSSR count). The lowest BCUT2D eigenvalue weighted by Gasteiger charge is -2.06. The number of amides is 1. The first-order chi connectivity index (χ1) is 11.7. The number of nitrogens with one attached hydrogen (secondary N) is 1. The minimum Gasteiger partial charge on any atom is -0.467 e. The molecule has 0 fully saturated rings. The highest BCUT2D eigenvalue weighted by Crippen LogP contribution is 2.11. The summed E-state index contributed by atoms with van der Waals surface area (Å²) >= 11 is 0. The summed E-state index contributed by atoms with van der Waals surface area (Å²) in [5.41, 5.74) is 1.08. The van der Waals surface area contributed by atoms with E-state index in [0.29, 0.717) is 37.3 Å². The molecular weight excluding hydrogens is 312 g/mol. The van der Waals surface area contributed by atoms with Crippen molar-refractivity contribution in [2.75, 3.05) is 13.2 Å². The van der Waals surface area contributed by atoms with Crippen molar-refractivity contribution in [1.82, 2.24) is 9.88 Å². The number of carbonyl (C=O) groups excluding carboxylic acids is 1. The Morgan fingerprint density at radius 2 is 2.08 bits per heavy atom. The predicted octanol–water partition coefficient (Wildman–Crippen LogP) is 1.91. The number of aromatic nitrogens is 1. The van der Waals surface area contributed by atoms with Crippen LogP contribution in [-0.4, -0.2) is 23.6 Å². The number of hydrogen-bond acceptors (Lipinski definition) is 5. The molecule has 0 aliphatic rings. The molecule has 0 atom stereocenters. The highest BCUT2D eigenvalue weighted by Gasteiger charge is 2.11. The zero-order valence-corrected chi connectivity index (χ0v) is 13.1. The van der Waals surface area contributed by atoms with Crippen LogP contribution in [0, 0.1) is 0 Å². The topological polar surface area (TPSA) is 86.6 Å². The largest absolute Gasteiger partial charge is 0.467 e. The van der Waals surface area contributed by atoms with Crippen molar-refractivity contribution in [2.24, 2.45) is 0 Å². The monoisotopic (exact) mass is 330 g/mol. The summed E-state index contributed by atoms with van der Waals surface area (Å²) in [7, 11) is 0. The smallest absolute Gasteiger partial charge is 0.420 e. The maximum atomic E-state index is 12.0. The summed E-state index contributed by atoms with van der Waals surface area (Å²) in [6.45, 7) is 1.33. The van der Waals surface area contributed by atoms with E-state index in [0.717, 1.165) is 5.76 Å². The number of fused-ring (bicyclic) bond motifs is 1. The van der Waals surface area contributed by atoms with Gasteiger partial charge in [0.2, 0.25) is 5.91 Å². The molecule has 0 spiro atoms. The van der Waals surface area contributed by atoms with Gasteiger partial charge in [-0.1, -0.05) is 12.1 Å². The van der Waals surface area contributed by atoms with Gasteiger partial charge in [-0.25, -0.2) is 4.79 Å². The standard InChI is InChI=1S/C17H18N2O5/c20-16(18-8-4-9-22-12-13-5-3-10-23-13)11-19-14-6-1-2-7-15(14)24-17(19)21/h1-3,5-7,10H,4,8-9,11-12H2,(H,18,20). The summed E-state index contributed by atoms with van der Waals surface area (Å²) in [4.78, 5) is 23.7. The van der Waals surface area contributed by atoms with Gasteiger partial charge in [-0.2, -0.15) is 0 Å². The van der Waals surface area contributed by atoms with Crippen molar-refractivity contribution in [3.63, 3.8) is 0 Å². The highest BCUT2D eigenvalue weighted by molar-refractivity contribution is 5.79. The van der Waals surface area contributed by atoms with Crippen molar-refractivity contribution in [3.8, 4) is 0 Å². The second-order valence-electron chi connectivity index (χ2n) is 5.26. The van der Waals surface area contributed by atoms with Crippen LogP contribution in [-0.2, 0) is 22.7 Å². The van der Waals surface area contributed by atoms with Gasteiger partial charge < -0.3 is 18.9 Å². The Bertz CT molecular complexity index is 847. The van der Waals surface area contributed by atoms with Crippen molar-refractivity contribution in [2.45, 2.75) is 19.6 Å². The Balaban J connectivity index is 1.41. The van der Waals surface area contributed by atoms with E-state index < -0.39 is 5.76 Å². The third kappa shape index (κ3) is 3.94. The Hall–Kier alpha value is -2.80. The number of para-hydroxylation sites is 2. The number of furan rings is 1. The van der Waals surface area contributed by atoms with E-state index in [4.69, 9.17) is 13.6 Å². The Morgan fingerprint density at radius 3 is 2.92 bits per heavy atom. The maximum absolute atomic E-state index is 12.0. The quantitative estimate of drug-likeness (QED) is 0.638. The average molecular weight is 330 g/mol. The minimum absolute atomic E-state index is 0.0664. The number of hydrogen-bond donors (Lipinski definition) is 1. The molecule has 0 aliphatic carbocycles. The first kappa shape index (κ1) is 16.1. The van der Waals surface area contributed by atoms with E-state index in [1.165, 1.54) is 4.57 Å². The Kier molecular flexibility index (Phi) is 5.12. The minimum atomic E-state index is -0.534. The first-order valence-electron chi connectivity index (χ1n) is 7.69. The van der Waals surface area contributed by atoms with Crippen LogP contribution >= 0.6 is 0 Å². The van der Waals surface area contributed by atoms with Gasteiger partial charge in [0.1, 0.15) is 18.9 Å². The number of nitrogens with zero attached hydrogens (tertiary/aromatic N) is 1. The average Bonchev–Trinajstić information content (AvgIpc) is 3.19. The molecule has 1 aromatic carbocycles. The lowest BCUT2D eigenvalue weighted by molar-refractivity contribution is -0.121. The number of oxazole rings is 1. The van der Waals surface area contributed by atoms with Crippen LogP contribution < -0.4 is 11.1 Å². The normalized spacial score (nSPS) is 11.0. The van der Waals surface area contributed by atoms with Crippen LogP contribution in [0.3, 0.4) is 0 Å². The van der Waals surface area contributed by atoms with E-state index >= 15 is 0 Å². The molecule has 24 heavy (non-hydrogen) atoms. The second kappa shape index (κ2) is 7.65. The third-order valence-corrected chi connectivity index (χ3v) is 3.49. The zero-order chi connectivity index (χ0) is 16.8. The lowest BCUT2D eigenvalue weighted by Crippen LogP contribution is -2.31. The molecule has 0 aliphatic heterocycles. The van der Waals surface area contributed by atoms with Crippen LogP contribution in [0.25, 0.3) is 11.1 Å². The molecule has 7 nitrogen and oxygen atoms in total. The van der Waals surface area contributed by atoms with Crippen molar-refractivity contribution >= 4 is 17.0 Å². The molecular formula is C17H18N2O5. The summed E-state index contributed by atoms with van der Waals surface area (Å²) in [6.07, 6.45) is 2.27. The lowest BCUT2D eigenvalue weighted by atomic mass is 10.3. The molecule has 7 heteroatoms. The van der Waals surface area contributed by atoms with Crippen LogP contribution in [0.1, 0.15) is 12.2 Å². The van der Waals surface area contributed by atoms with Gasteiger partial charge in [-0.3, -0.25) is 9.36 Å². The third-order valence-electron chi connectivity index (χ3n) is 3.49. The van der Waals surface area contributed by atoms with Crippen LogP contribution in [0.4, 0.5) is 0 Å². The van der Waals surface area contributed by atoms with Gasteiger partial charge in [0.15, 0.2) is 5.58 Å². The first-order valence-corrected chi connectivity index (χ1v) is 7.69. The van der Waals surface area contributed by atoms with E-state index in [1.807, 2.05) is 6.07 Å². The zero-order valence-electron chi connectivity index (χ0n) is 13.1. The van der Waals surface area contributed by atoms with Gasteiger partial charge in [-0.05, 0) is 30.7 Å². The van der Waals surface area contributed by atoms with E-state index in [2.05, 4.69) is 5.32 Å². The molecule has 0 unspecified atom stereocenters. The van der Waals surface area contributed by atoms with E-state index in [-0.39, 0.29) is 12.5 Å². The van der Waals surface area contributed by atoms with Gasteiger partial charge >= 0.3 is 5.76 Å². The van der Waals surface area contributed by atoms with Crippen molar-refractivity contribution < 1.29 is 18.4 Å². The molecule has 0 saturated carbocycles. The number of benzene rings is 1. The molecule has 1 amide bonds. The molecule has 0 saturated heterocycles. The Labute approximate surface area is 137 Å². The summed E-state index contributed by atoms with van der Waals surface area (Å²) in [5.74, 6) is -0.00642. The molecule has 0 bridgehead atoms. The van der Waals surface area contributed by atoms with Gasteiger partial charge in [0.05, 0.1) is 11.8 Å². The van der Waals surface area contributed by atoms with E-state index in [9.17, 15) is 9.59 Å². The number of rotatable bonds is 8. The van der Waals surface area contributed by atoms with Crippen molar-refractivity contribution in [3.05, 3.63) is 59.0 Å².